The van der Waals surface area contributed by atoms with Crippen LogP contribution >= 0.6 is 0 Å². The number of nitrogens with one attached hydrogen (secondary N) is 2. The Bertz CT molecular complexity index is 660. The van der Waals surface area contributed by atoms with Crippen LogP contribution in [0.3, 0.4) is 0 Å². The van der Waals surface area contributed by atoms with Gasteiger partial charge in [0, 0.05) is 37.6 Å². The summed E-state index contributed by atoms with van der Waals surface area (Å²) in [6.45, 7) is 0. The molecule has 1 atom stereocenters. The van der Waals surface area contributed by atoms with Crippen molar-refractivity contribution in [2.24, 2.45) is 0 Å². The average molecular weight is 256 g/mol. The van der Waals surface area contributed by atoms with Crippen molar-refractivity contribution in [3.63, 3.8) is 0 Å². The highest BCUT2D eigenvalue weighted by molar-refractivity contribution is 6.05. The van der Waals surface area contributed by atoms with Gasteiger partial charge in [0.05, 0.1) is 0 Å². The second-order valence-corrected chi connectivity index (χ2v) is 4.91. The summed E-state index contributed by atoms with van der Waals surface area (Å²) in [6.07, 6.45) is 2.57. The molecular formula is C14H16N4O. The van der Waals surface area contributed by atoms with Gasteiger partial charge in [0.15, 0.2) is 0 Å². The molecule has 2 aromatic rings. The van der Waals surface area contributed by atoms with E-state index >= 15 is 0 Å². The molecule has 1 aromatic carbocycles. The highest BCUT2D eigenvalue weighted by atomic mass is 16.2. The fourth-order valence-electron chi connectivity index (χ4n) is 2.61. The second-order valence-electron chi connectivity index (χ2n) is 4.91. The lowest BCUT2D eigenvalue weighted by Crippen LogP contribution is -2.33. The van der Waals surface area contributed by atoms with E-state index in [1.807, 2.05) is 24.4 Å². The zero-order chi connectivity index (χ0) is 13.6. The van der Waals surface area contributed by atoms with Crippen molar-refractivity contribution in [3.8, 4) is 0 Å². The highest BCUT2D eigenvalue weighted by Gasteiger charge is 2.38. The summed E-state index contributed by atoms with van der Waals surface area (Å²) in [6, 6.07) is 7.77. The number of aromatic amines is 1. The highest BCUT2D eigenvalue weighted by Crippen LogP contribution is 2.23. The number of para-hydroxylation sites is 1. The molecule has 1 fully saturated rings. The monoisotopic (exact) mass is 256 g/mol. The maximum atomic E-state index is 12.1. The molecule has 1 aliphatic heterocycles. The van der Waals surface area contributed by atoms with Gasteiger partial charge in [-0.05, 0) is 11.6 Å². The van der Waals surface area contributed by atoms with Crippen LogP contribution in [0, 0.1) is 5.41 Å². The van der Waals surface area contributed by atoms with Crippen LogP contribution in [0.2, 0.25) is 0 Å². The minimum absolute atomic E-state index is 0.0159. The molecule has 0 radical (unpaired) electrons. The Morgan fingerprint density at radius 2 is 2.05 bits per heavy atom. The number of carbonyl (C=O) groups is 1. The number of H-pyrrole nitrogens is 1. The van der Waals surface area contributed by atoms with E-state index in [0.29, 0.717) is 6.42 Å². The van der Waals surface area contributed by atoms with Gasteiger partial charge in [-0.2, -0.15) is 0 Å². The van der Waals surface area contributed by atoms with Gasteiger partial charge >= 0.3 is 0 Å². The fraction of sp³-hybridized carbons (Fsp3) is 0.286. The molecule has 5 nitrogen and oxygen atoms in total. The van der Waals surface area contributed by atoms with Gasteiger partial charge < -0.3 is 9.88 Å². The van der Waals surface area contributed by atoms with Gasteiger partial charge in [-0.1, -0.05) is 18.2 Å². The van der Waals surface area contributed by atoms with E-state index in [9.17, 15) is 4.79 Å². The van der Waals surface area contributed by atoms with E-state index in [2.05, 4.69) is 11.1 Å². The number of amides is 1. The molecule has 0 aliphatic carbocycles. The third-order valence-electron chi connectivity index (χ3n) is 3.82. The predicted molar refractivity (Wildman–Crippen MR) is 74.1 cm³/mol. The van der Waals surface area contributed by atoms with Crippen LogP contribution in [0.4, 0.5) is 0 Å². The number of fused-ring (bicyclic) bond motifs is 1. The summed E-state index contributed by atoms with van der Waals surface area (Å²) in [4.78, 5) is 18.5. The molecule has 1 saturated heterocycles. The minimum Gasteiger partial charge on any atom is -0.361 e. The lowest BCUT2D eigenvalue weighted by molar-refractivity contribution is -0.127. The first-order chi connectivity index (χ1) is 9.09. The lowest BCUT2D eigenvalue weighted by atomic mass is 10.0. The number of nitrogens with zero attached hydrogens (tertiary/aromatic N) is 2. The van der Waals surface area contributed by atoms with Gasteiger partial charge in [-0.25, -0.2) is 0 Å². The molecule has 2 heterocycles. The Kier molecular flexibility index (Phi) is 2.55. The number of hydrogen-bond donors (Lipinski definition) is 2. The summed E-state index contributed by atoms with van der Waals surface area (Å²) in [5.74, 6) is 0.243. The predicted octanol–water partition coefficient (Wildman–Crippen LogP) is 1.42. The smallest absolute Gasteiger partial charge is 0.252 e. The SMILES string of the molecule is CN1C(=N)N(C)[C@@H](Cc2c[nH]c3ccccc23)C1=O. The standard InChI is InChI=1S/C14H16N4O/c1-17-12(13(19)18(2)14(17)15)7-9-8-16-11-6-4-3-5-10(9)11/h3-6,8,12,15-16H,7H2,1-2H3/t12-/m0/s1. The number of guanidine groups is 1. The Hall–Kier alpha value is -2.30. The van der Waals surface area contributed by atoms with E-state index in [1.165, 1.54) is 4.90 Å². The van der Waals surface area contributed by atoms with Gasteiger partial charge in [0.2, 0.25) is 5.96 Å². The van der Waals surface area contributed by atoms with Crippen molar-refractivity contribution >= 4 is 22.8 Å². The second kappa shape index (κ2) is 4.12. The van der Waals surface area contributed by atoms with E-state index in [0.717, 1.165) is 16.5 Å². The molecule has 1 aliphatic rings. The van der Waals surface area contributed by atoms with Crippen LogP contribution in [0.5, 0.6) is 0 Å². The molecule has 0 bridgehead atoms. The van der Waals surface area contributed by atoms with Crippen LogP contribution < -0.4 is 0 Å². The quantitative estimate of drug-likeness (QED) is 0.853. The summed E-state index contributed by atoms with van der Waals surface area (Å²) < 4.78 is 0. The van der Waals surface area contributed by atoms with Crippen LogP contribution in [0.25, 0.3) is 10.9 Å². The van der Waals surface area contributed by atoms with Crippen LogP contribution in [-0.4, -0.2) is 46.8 Å². The normalized spacial score (nSPS) is 19.8. The molecule has 19 heavy (non-hydrogen) atoms. The topological polar surface area (TPSA) is 63.2 Å². The summed E-state index contributed by atoms with van der Waals surface area (Å²) in [5, 5.41) is 8.98. The van der Waals surface area contributed by atoms with Crippen molar-refractivity contribution in [1.29, 1.82) is 5.41 Å². The zero-order valence-electron chi connectivity index (χ0n) is 11.0. The first kappa shape index (κ1) is 11.8. The van der Waals surface area contributed by atoms with Gasteiger partial charge in [-0.3, -0.25) is 15.1 Å². The molecule has 5 heteroatoms. The van der Waals surface area contributed by atoms with Crippen LogP contribution in [0.15, 0.2) is 30.5 Å². The molecule has 98 valence electrons. The van der Waals surface area contributed by atoms with Crippen molar-refractivity contribution in [2.45, 2.75) is 12.5 Å². The zero-order valence-corrected chi connectivity index (χ0v) is 11.0. The molecular weight excluding hydrogens is 240 g/mol. The third kappa shape index (κ3) is 1.69. The third-order valence-corrected chi connectivity index (χ3v) is 3.82. The minimum atomic E-state index is -0.281. The maximum absolute atomic E-state index is 12.1. The van der Waals surface area contributed by atoms with E-state index in [1.54, 1.807) is 19.0 Å². The van der Waals surface area contributed by atoms with Crippen molar-refractivity contribution in [1.82, 2.24) is 14.8 Å². The van der Waals surface area contributed by atoms with Gasteiger partial charge in [0.1, 0.15) is 6.04 Å². The number of carbonyl (C=O) groups excluding carboxylic acids is 1. The van der Waals surface area contributed by atoms with Crippen LogP contribution in [-0.2, 0) is 11.2 Å². The molecule has 1 amide bonds. The number of likely N-dealkylation sites (N-methyl/N-ethyl adjacent to an activating group) is 2. The molecule has 0 spiro atoms. The maximum Gasteiger partial charge on any atom is 0.252 e. The van der Waals surface area contributed by atoms with Gasteiger partial charge in [-0.15, -0.1) is 0 Å². The van der Waals surface area contributed by atoms with Crippen LogP contribution in [0.1, 0.15) is 5.56 Å². The number of hydrogen-bond acceptors (Lipinski definition) is 2. The molecule has 0 unspecified atom stereocenters. The molecule has 3 rings (SSSR count). The number of aromatic nitrogens is 1. The average Bonchev–Trinajstić information content (AvgIpc) is 2.91. The Morgan fingerprint density at radius 3 is 2.74 bits per heavy atom. The van der Waals surface area contributed by atoms with Crippen molar-refractivity contribution in [2.75, 3.05) is 14.1 Å². The Labute approximate surface area is 111 Å². The Balaban J connectivity index is 1.93. The fourth-order valence-corrected chi connectivity index (χ4v) is 2.61. The number of rotatable bonds is 2. The largest absolute Gasteiger partial charge is 0.361 e. The summed E-state index contributed by atoms with van der Waals surface area (Å²) in [5.41, 5.74) is 2.19. The first-order valence-corrected chi connectivity index (χ1v) is 6.23. The molecule has 0 saturated carbocycles. The van der Waals surface area contributed by atoms with Crippen molar-refractivity contribution < 1.29 is 4.79 Å². The van der Waals surface area contributed by atoms with Gasteiger partial charge in [0.25, 0.3) is 5.91 Å². The molecule has 2 N–H and O–H groups in total. The summed E-state index contributed by atoms with van der Waals surface area (Å²) >= 11 is 0. The van der Waals surface area contributed by atoms with Crippen molar-refractivity contribution in [3.05, 3.63) is 36.0 Å². The lowest BCUT2D eigenvalue weighted by Gasteiger charge is -2.17. The van der Waals surface area contributed by atoms with E-state index < -0.39 is 0 Å². The Morgan fingerprint density at radius 1 is 1.32 bits per heavy atom. The number of benzene rings is 1. The molecule has 1 aromatic heterocycles. The van der Waals surface area contributed by atoms with E-state index in [-0.39, 0.29) is 17.9 Å². The summed E-state index contributed by atoms with van der Waals surface area (Å²) in [7, 11) is 3.44. The first-order valence-electron chi connectivity index (χ1n) is 6.23. The van der Waals surface area contributed by atoms with E-state index in [4.69, 9.17) is 5.41 Å².